The summed E-state index contributed by atoms with van der Waals surface area (Å²) in [6, 6.07) is 1.85. The molecule has 25 heavy (non-hydrogen) atoms. The van der Waals surface area contributed by atoms with E-state index in [0.29, 0.717) is 22.9 Å². The Hall–Kier alpha value is -2.73. The van der Waals surface area contributed by atoms with Gasteiger partial charge in [0, 0.05) is 0 Å². The molecule has 1 N–H and O–H groups in total. The van der Waals surface area contributed by atoms with Crippen molar-refractivity contribution in [3.8, 4) is 6.07 Å². The molecule has 0 fully saturated rings. The third-order valence-electron chi connectivity index (χ3n) is 3.26. The number of hydrogen-bond donors (Lipinski definition) is 1. The van der Waals surface area contributed by atoms with Gasteiger partial charge in [-0.1, -0.05) is 13.8 Å². The minimum Gasteiger partial charge on any atom is -0.462 e. The zero-order valence-electron chi connectivity index (χ0n) is 14.3. The molecule has 2 aromatic rings. The fraction of sp³-hybridized carbons (Fsp3) is 0.438. The maximum atomic E-state index is 12.3. The highest BCUT2D eigenvalue weighted by Gasteiger charge is 2.22. The first-order valence-corrected chi connectivity index (χ1v) is 8.69. The Morgan fingerprint density at radius 1 is 1.48 bits per heavy atom. The predicted octanol–water partition coefficient (Wildman–Crippen LogP) is 2.23. The van der Waals surface area contributed by atoms with Crippen molar-refractivity contribution < 1.29 is 14.3 Å². The van der Waals surface area contributed by atoms with E-state index in [9.17, 15) is 9.59 Å². The van der Waals surface area contributed by atoms with E-state index in [1.165, 1.54) is 22.2 Å². The number of esters is 1. The summed E-state index contributed by atoms with van der Waals surface area (Å²) in [5, 5.41) is 21.1. The van der Waals surface area contributed by atoms with Crippen LogP contribution in [0, 0.1) is 17.2 Å². The highest BCUT2D eigenvalue weighted by atomic mass is 32.1. The summed E-state index contributed by atoms with van der Waals surface area (Å²) in [7, 11) is 0. The van der Waals surface area contributed by atoms with Crippen LogP contribution in [-0.4, -0.2) is 33.2 Å². The summed E-state index contributed by atoms with van der Waals surface area (Å²) in [4.78, 5) is 24.6. The molecule has 2 rings (SSSR count). The molecule has 2 aromatic heterocycles. The van der Waals surface area contributed by atoms with Gasteiger partial charge in [-0.2, -0.15) is 5.26 Å². The number of rotatable bonds is 7. The second kappa shape index (κ2) is 8.39. The molecule has 0 saturated carbocycles. The number of nitrogens with zero attached hydrogens (tertiary/aromatic N) is 4. The van der Waals surface area contributed by atoms with Crippen molar-refractivity contribution in [2.24, 2.45) is 5.92 Å². The Morgan fingerprint density at radius 2 is 2.24 bits per heavy atom. The van der Waals surface area contributed by atoms with Gasteiger partial charge in [0.25, 0.3) is 0 Å². The smallest absolute Gasteiger partial charge is 0.341 e. The molecule has 132 valence electrons. The summed E-state index contributed by atoms with van der Waals surface area (Å²) >= 11 is 1.28. The SMILES string of the molecule is CCOC(=O)c1c(CC(C)C)csc1NC(=O)Cn1cnnc1C#N. The highest BCUT2D eigenvalue weighted by molar-refractivity contribution is 7.15. The number of hydrogen-bond acceptors (Lipinski definition) is 7. The van der Waals surface area contributed by atoms with Gasteiger partial charge in [0.2, 0.25) is 11.7 Å². The predicted molar refractivity (Wildman–Crippen MR) is 92.2 cm³/mol. The number of ether oxygens (including phenoxy) is 1. The van der Waals surface area contributed by atoms with E-state index in [1.807, 2.05) is 11.4 Å². The first kappa shape index (κ1) is 18.6. The van der Waals surface area contributed by atoms with Crippen LogP contribution in [-0.2, 0) is 22.5 Å². The zero-order chi connectivity index (χ0) is 18.4. The molecule has 0 radical (unpaired) electrons. The van der Waals surface area contributed by atoms with E-state index in [0.717, 1.165) is 5.56 Å². The molecule has 0 aliphatic carbocycles. The first-order chi connectivity index (χ1) is 12.0. The molecule has 0 unspecified atom stereocenters. The monoisotopic (exact) mass is 361 g/mol. The van der Waals surface area contributed by atoms with E-state index in [-0.39, 0.29) is 24.9 Å². The molecular weight excluding hydrogens is 342 g/mol. The van der Waals surface area contributed by atoms with E-state index < -0.39 is 5.97 Å². The Morgan fingerprint density at radius 3 is 2.88 bits per heavy atom. The van der Waals surface area contributed by atoms with Gasteiger partial charge in [0.15, 0.2) is 0 Å². The van der Waals surface area contributed by atoms with Gasteiger partial charge in [-0.05, 0) is 30.2 Å². The van der Waals surface area contributed by atoms with Gasteiger partial charge >= 0.3 is 5.97 Å². The Labute approximate surface area is 149 Å². The van der Waals surface area contributed by atoms with Crippen molar-refractivity contribution in [2.45, 2.75) is 33.7 Å². The van der Waals surface area contributed by atoms with Crippen LogP contribution in [0.1, 0.15) is 42.5 Å². The number of carbonyl (C=O) groups excluding carboxylic acids is 2. The van der Waals surface area contributed by atoms with Gasteiger partial charge in [0.1, 0.15) is 23.9 Å². The third kappa shape index (κ3) is 4.64. The molecule has 8 nitrogen and oxygen atoms in total. The Bertz CT molecular complexity index is 803. The summed E-state index contributed by atoms with van der Waals surface area (Å²) in [5.41, 5.74) is 1.26. The van der Waals surface area contributed by atoms with Gasteiger partial charge in [0.05, 0.1) is 12.2 Å². The molecule has 0 aliphatic rings. The van der Waals surface area contributed by atoms with E-state index in [4.69, 9.17) is 10.00 Å². The Kier molecular flexibility index (Phi) is 6.25. The van der Waals surface area contributed by atoms with Crippen LogP contribution in [0.2, 0.25) is 0 Å². The largest absolute Gasteiger partial charge is 0.462 e. The number of thiophene rings is 1. The second-order valence-electron chi connectivity index (χ2n) is 5.73. The molecule has 0 atom stereocenters. The molecule has 1 amide bonds. The number of amides is 1. The second-order valence-corrected chi connectivity index (χ2v) is 6.61. The van der Waals surface area contributed by atoms with Crippen LogP contribution < -0.4 is 5.32 Å². The van der Waals surface area contributed by atoms with Gasteiger partial charge in [-0.15, -0.1) is 21.5 Å². The lowest BCUT2D eigenvalue weighted by molar-refractivity contribution is -0.116. The van der Waals surface area contributed by atoms with Crippen molar-refractivity contribution in [2.75, 3.05) is 11.9 Å². The maximum Gasteiger partial charge on any atom is 0.341 e. The molecule has 0 aliphatic heterocycles. The van der Waals surface area contributed by atoms with Crippen LogP contribution in [0.25, 0.3) is 0 Å². The maximum absolute atomic E-state index is 12.3. The summed E-state index contributed by atoms with van der Waals surface area (Å²) in [6.45, 7) is 5.99. The average Bonchev–Trinajstić information content (AvgIpc) is 3.13. The highest BCUT2D eigenvalue weighted by Crippen LogP contribution is 2.31. The number of aromatic nitrogens is 3. The van der Waals surface area contributed by atoms with Crippen LogP contribution in [0.4, 0.5) is 5.00 Å². The molecule has 0 saturated heterocycles. The van der Waals surface area contributed by atoms with Crippen molar-refractivity contribution in [3.05, 3.63) is 28.7 Å². The molecule has 0 aromatic carbocycles. The van der Waals surface area contributed by atoms with Crippen molar-refractivity contribution in [1.82, 2.24) is 14.8 Å². The van der Waals surface area contributed by atoms with Crippen LogP contribution in [0.5, 0.6) is 0 Å². The van der Waals surface area contributed by atoms with Crippen molar-refractivity contribution in [1.29, 1.82) is 5.26 Å². The summed E-state index contributed by atoms with van der Waals surface area (Å²) < 4.78 is 6.46. The summed E-state index contributed by atoms with van der Waals surface area (Å²) in [6.07, 6.45) is 2.02. The Balaban J connectivity index is 2.20. The van der Waals surface area contributed by atoms with Gasteiger partial charge in [-0.25, -0.2) is 4.79 Å². The fourth-order valence-electron chi connectivity index (χ4n) is 2.28. The summed E-state index contributed by atoms with van der Waals surface area (Å²) in [5.74, 6) is -0.412. The lowest BCUT2D eigenvalue weighted by atomic mass is 10.0. The quantitative estimate of drug-likeness (QED) is 0.757. The number of nitrogens with one attached hydrogen (secondary N) is 1. The fourth-order valence-corrected chi connectivity index (χ4v) is 3.26. The molecule has 2 heterocycles. The van der Waals surface area contributed by atoms with Crippen LogP contribution in [0.3, 0.4) is 0 Å². The number of nitriles is 1. The van der Waals surface area contributed by atoms with E-state index in [2.05, 4.69) is 29.4 Å². The minimum atomic E-state index is -0.447. The van der Waals surface area contributed by atoms with Gasteiger partial charge < -0.3 is 10.1 Å². The lowest BCUT2D eigenvalue weighted by Crippen LogP contribution is -2.20. The third-order valence-corrected chi connectivity index (χ3v) is 4.20. The number of anilines is 1. The van der Waals surface area contributed by atoms with Gasteiger partial charge in [-0.3, -0.25) is 9.36 Å². The minimum absolute atomic E-state index is 0.0486. The average molecular weight is 361 g/mol. The van der Waals surface area contributed by atoms with Crippen molar-refractivity contribution >= 4 is 28.2 Å². The van der Waals surface area contributed by atoms with E-state index in [1.54, 1.807) is 6.92 Å². The standard InChI is InChI=1S/C16H19N5O3S/c1-4-24-16(23)14-11(5-10(2)3)8-25-15(14)19-13(22)7-21-9-18-20-12(21)6-17/h8-10H,4-5,7H2,1-3H3,(H,19,22). The normalized spacial score (nSPS) is 10.5. The molecular formula is C16H19N5O3S. The van der Waals surface area contributed by atoms with Crippen LogP contribution in [0.15, 0.2) is 11.7 Å². The van der Waals surface area contributed by atoms with E-state index >= 15 is 0 Å². The first-order valence-electron chi connectivity index (χ1n) is 7.81. The zero-order valence-corrected chi connectivity index (χ0v) is 15.1. The van der Waals surface area contributed by atoms with Crippen molar-refractivity contribution in [3.63, 3.8) is 0 Å². The molecule has 9 heteroatoms. The number of carbonyl (C=O) groups is 2. The van der Waals surface area contributed by atoms with Crippen LogP contribution >= 0.6 is 11.3 Å². The molecule has 0 bridgehead atoms. The topological polar surface area (TPSA) is 110 Å². The molecule has 0 spiro atoms. The lowest BCUT2D eigenvalue weighted by Gasteiger charge is -2.10.